The topological polar surface area (TPSA) is 100 Å². The second kappa shape index (κ2) is 8.76. The van der Waals surface area contributed by atoms with Gasteiger partial charge in [0, 0.05) is 36.0 Å². The maximum absolute atomic E-state index is 12.6. The highest BCUT2D eigenvalue weighted by Crippen LogP contribution is 2.19. The second-order valence-corrected chi connectivity index (χ2v) is 8.88. The van der Waals surface area contributed by atoms with Crippen LogP contribution in [0.3, 0.4) is 0 Å². The molecule has 0 fully saturated rings. The number of fused-ring (bicyclic) bond motifs is 1. The lowest BCUT2D eigenvalue weighted by molar-refractivity contribution is 0.677. The van der Waals surface area contributed by atoms with Crippen LogP contribution < -0.4 is 5.49 Å². The Morgan fingerprint density at radius 3 is 2.52 bits per heavy atom. The van der Waals surface area contributed by atoms with Crippen LogP contribution in [0.5, 0.6) is 0 Å². The average molecular weight is 453 g/mol. The summed E-state index contributed by atoms with van der Waals surface area (Å²) < 4.78 is 15.6. The summed E-state index contributed by atoms with van der Waals surface area (Å²) in [7, 11) is -1.31. The zero-order chi connectivity index (χ0) is 22.8. The normalized spacial score (nSPS) is 12.0. The van der Waals surface area contributed by atoms with Crippen LogP contribution in [-0.2, 0) is 17.4 Å². The summed E-state index contributed by atoms with van der Waals surface area (Å²) in [6, 6.07) is 24.1. The Hall–Kier alpha value is -4.17. The summed E-state index contributed by atoms with van der Waals surface area (Å²) in [5.74, 6) is 0.204. The predicted octanol–water partition coefficient (Wildman–Crippen LogP) is 4.02. The van der Waals surface area contributed by atoms with Gasteiger partial charge < -0.3 is 0 Å². The summed E-state index contributed by atoms with van der Waals surface area (Å²) in [6.07, 6.45) is 5.62. The van der Waals surface area contributed by atoms with Crippen molar-refractivity contribution < 1.29 is 4.21 Å². The molecule has 0 radical (unpaired) electrons. The first-order valence-corrected chi connectivity index (χ1v) is 11.4. The van der Waals surface area contributed by atoms with E-state index in [0.717, 1.165) is 22.0 Å². The Morgan fingerprint density at radius 2 is 1.73 bits per heavy atom. The van der Waals surface area contributed by atoms with Gasteiger partial charge in [0.05, 0.1) is 16.1 Å². The molecule has 0 saturated heterocycles. The van der Waals surface area contributed by atoms with E-state index < -0.39 is 11.0 Å². The number of nitrogens with zero attached hydrogens (tertiary/aromatic N) is 4. The minimum atomic E-state index is -1.31. The van der Waals surface area contributed by atoms with E-state index in [-0.39, 0.29) is 11.3 Å². The molecule has 0 aliphatic heterocycles. The zero-order valence-corrected chi connectivity index (χ0v) is 18.4. The van der Waals surface area contributed by atoms with E-state index >= 15 is 0 Å². The Balaban J connectivity index is 1.39. The molecule has 33 heavy (non-hydrogen) atoms. The Bertz CT molecular complexity index is 1540. The molecule has 0 saturated carbocycles. The predicted molar refractivity (Wildman–Crippen MR) is 128 cm³/mol. The summed E-state index contributed by atoms with van der Waals surface area (Å²) >= 11 is 0. The summed E-state index contributed by atoms with van der Waals surface area (Å²) in [5.41, 5.74) is 3.45. The van der Waals surface area contributed by atoms with Gasteiger partial charge in [-0.2, -0.15) is 5.10 Å². The van der Waals surface area contributed by atoms with Gasteiger partial charge in [0.1, 0.15) is 11.3 Å². The molecule has 3 heterocycles. The summed E-state index contributed by atoms with van der Waals surface area (Å²) in [6.45, 7) is 0. The second-order valence-electron chi connectivity index (χ2n) is 7.49. The molecule has 7 nitrogen and oxygen atoms in total. The number of benzene rings is 2. The van der Waals surface area contributed by atoms with Crippen LogP contribution in [0.25, 0.3) is 22.2 Å². The molecule has 0 amide bonds. The van der Waals surface area contributed by atoms with Crippen molar-refractivity contribution in [2.24, 2.45) is 0 Å². The molecule has 1 atom stereocenters. The van der Waals surface area contributed by atoms with Gasteiger partial charge >= 0.3 is 0 Å². The van der Waals surface area contributed by atoms with Crippen LogP contribution in [0.4, 0.5) is 0 Å². The van der Waals surface area contributed by atoms with Crippen molar-refractivity contribution >= 4 is 27.7 Å². The van der Waals surface area contributed by atoms with E-state index in [2.05, 4.69) is 10.1 Å². The van der Waals surface area contributed by atoms with E-state index in [9.17, 15) is 4.21 Å². The lowest BCUT2D eigenvalue weighted by Crippen LogP contribution is -2.30. The molecule has 5 rings (SSSR count). The van der Waals surface area contributed by atoms with Crippen LogP contribution in [0.1, 0.15) is 5.56 Å². The van der Waals surface area contributed by atoms with Gasteiger partial charge in [-0.3, -0.25) is 19.8 Å². The summed E-state index contributed by atoms with van der Waals surface area (Å²) in [4.78, 5) is 5.01. The number of pyridine rings is 1. The number of rotatable bonds is 5. The molecule has 0 aliphatic carbocycles. The fourth-order valence-electron chi connectivity index (χ4n) is 3.58. The molecule has 162 valence electrons. The molecule has 0 bridgehead atoms. The van der Waals surface area contributed by atoms with Gasteiger partial charge in [-0.1, -0.05) is 24.3 Å². The average Bonchev–Trinajstić information content (AvgIpc) is 3.39. The molecule has 0 spiro atoms. The monoisotopic (exact) mass is 452 g/mol. The highest BCUT2D eigenvalue weighted by Gasteiger charge is 2.10. The van der Waals surface area contributed by atoms with Crippen molar-refractivity contribution in [1.29, 1.82) is 10.8 Å². The lowest BCUT2D eigenvalue weighted by atomic mass is 10.1. The number of nitrogens with one attached hydrogen (secondary N) is 2. The highest BCUT2D eigenvalue weighted by atomic mass is 32.2. The summed E-state index contributed by atoms with van der Waals surface area (Å²) in [5, 5.41) is 22.4. The maximum Gasteiger partial charge on any atom is 0.156 e. The van der Waals surface area contributed by atoms with Crippen LogP contribution >= 0.6 is 0 Å². The van der Waals surface area contributed by atoms with Crippen LogP contribution in [0, 0.1) is 10.8 Å². The van der Waals surface area contributed by atoms with Gasteiger partial charge in [-0.15, -0.1) is 0 Å². The largest absolute Gasteiger partial charge is 0.286 e. The lowest BCUT2D eigenvalue weighted by Gasteiger charge is -2.11. The van der Waals surface area contributed by atoms with Gasteiger partial charge in [-0.25, -0.2) is 8.89 Å². The molecular formula is C25H20N6OS. The van der Waals surface area contributed by atoms with Crippen molar-refractivity contribution in [3.63, 3.8) is 0 Å². The third-order valence-corrected chi connectivity index (χ3v) is 6.55. The first kappa shape index (κ1) is 20.7. The number of hydrogen-bond acceptors (Lipinski definition) is 5. The minimum Gasteiger partial charge on any atom is -0.286 e. The Morgan fingerprint density at radius 1 is 0.939 bits per heavy atom. The molecule has 3 aromatic heterocycles. The fourth-order valence-corrected chi connectivity index (χ4v) is 4.55. The van der Waals surface area contributed by atoms with Gasteiger partial charge in [-0.05, 0) is 60.2 Å². The molecule has 0 aliphatic rings. The van der Waals surface area contributed by atoms with Gasteiger partial charge in [0.2, 0.25) is 0 Å². The zero-order valence-electron chi connectivity index (χ0n) is 17.6. The first-order valence-electron chi connectivity index (χ1n) is 10.3. The van der Waals surface area contributed by atoms with E-state index in [1.165, 1.54) is 4.68 Å². The fraction of sp³-hybridized carbons (Fsp3) is 0.0400. The van der Waals surface area contributed by atoms with Crippen molar-refractivity contribution in [3.8, 4) is 11.3 Å². The van der Waals surface area contributed by atoms with Crippen molar-refractivity contribution in [1.82, 2.24) is 18.7 Å². The van der Waals surface area contributed by atoms with Crippen LogP contribution in [0.15, 0.2) is 102 Å². The number of aromatic nitrogens is 4. The third kappa shape index (κ3) is 4.28. The first-order chi connectivity index (χ1) is 16.1. The van der Waals surface area contributed by atoms with E-state index in [1.807, 2.05) is 54.6 Å². The van der Waals surface area contributed by atoms with Crippen molar-refractivity contribution in [2.75, 3.05) is 0 Å². The van der Waals surface area contributed by atoms with E-state index in [0.29, 0.717) is 17.0 Å². The van der Waals surface area contributed by atoms with Crippen LogP contribution in [0.2, 0.25) is 0 Å². The van der Waals surface area contributed by atoms with Crippen molar-refractivity contribution in [3.05, 3.63) is 109 Å². The SMILES string of the molecule is N=C(Cc1ccc2ncccc2c1)n1nc(-c2ccc(S(=O)n3cccc3)cc2)ccc1=N. The molecule has 8 heteroatoms. The molecule has 1 unspecified atom stereocenters. The molecule has 2 aromatic carbocycles. The van der Waals surface area contributed by atoms with Crippen LogP contribution in [-0.4, -0.2) is 28.8 Å². The quantitative estimate of drug-likeness (QED) is 0.311. The smallest absolute Gasteiger partial charge is 0.156 e. The minimum absolute atomic E-state index is 0.136. The standard InChI is InChI=1S/C25H20N6OS/c26-24-12-11-23(19-6-8-21(9-7-19)33(32)30-14-1-2-15-30)29-31(24)25(27)17-18-5-10-22-20(16-18)4-3-13-28-22/h1-16,26-27H,17H2. The highest BCUT2D eigenvalue weighted by molar-refractivity contribution is 7.83. The molecule has 2 N–H and O–H groups in total. The Labute approximate surface area is 192 Å². The molecular weight excluding hydrogens is 432 g/mol. The maximum atomic E-state index is 12.6. The van der Waals surface area contributed by atoms with E-state index in [4.69, 9.17) is 10.8 Å². The van der Waals surface area contributed by atoms with Gasteiger partial charge in [0.25, 0.3) is 0 Å². The third-order valence-electron chi connectivity index (χ3n) is 5.25. The number of hydrogen-bond donors (Lipinski definition) is 2. The van der Waals surface area contributed by atoms with Gasteiger partial charge in [0.15, 0.2) is 11.0 Å². The Kier molecular flexibility index (Phi) is 5.50. The molecule has 5 aromatic rings. The van der Waals surface area contributed by atoms with Crippen molar-refractivity contribution in [2.45, 2.75) is 11.3 Å². The van der Waals surface area contributed by atoms with E-state index in [1.54, 1.807) is 46.8 Å².